The molecule has 1 atom stereocenters. The fourth-order valence-electron chi connectivity index (χ4n) is 7.29. The largest absolute Gasteiger partial charge is 0.496 e. The van der Waals surface area contributed by atoms with Crippen LogP contribution in [0, 0.1) is 0 Å². The van der Waals surface area contributed by atoms with E-state index in [9.17, 15) is 5.11 Å². The molecule has 0 bridgehead atoms. The summed E-state index contributed by atoms with van der Waals surface area (Å²) >= 11 is 0. The standard InChI is InChI=1S/C50H40N2O2/c1-54-49-37-45(52(42-25-13-5-14-26-42)43-27-15-6-16-28-43)35-36-47(49)46-29-17-18-30-48(46)50(53,38-19-7-2-8-20-38)39-31-33-44(34-32-39)51(40-21-9-3-10-22-40)41-23-11-4-12-24-41/h2-37,53H,1H3. The van der Waals surface area contributed by atoms with Gasteiger partial charge in [-0.05, 0) is 89.5 Å². The van der Waals surface area contributed by atoms with Crippen LogP contribution in [0.1, 0.15) is 16.7 Å². The Balaban J connectivity index is 1.25. The zero-order valence-corrected chi connectivity index (χ0v) is 30.0. The van der Waals surface area contributed by atoms with Crippen LogP contribution in [0.5, 0.6) is 5.75 Å². The maximum Gasteiger partial charge on any atom is 0.141 e. The molecular weight excluding hydrogens is 661 g/mol. The van der Waals surface area contributed by atoms with Gasteiger partial charge in [0.15, 0.2) is 0 Å². The minimum absolute atomic E-state index is 0.698. The molecule has 4 heteroatoms. The third-order valence-corrected chi connectivity index (χ3v) is 9.84. The molecular formula is C50H40N2O2. The van der Waals surface area contributed by atoms with Gasteiger partial charge in [-0.1, -0.05) is 140 Å². The summed E-state index contributed by atoms with van der Waals surface area (Å²) < 4.78 is 6.15. The van der Waals surface area contributed by atoms with Gasteiger partial charge < -0.3 is 19.6 Å². The zero-order chi connectivity index (χ0) is 36.7. The smallest absolute Gasteiger partial charge is 0.141 e. The second kappa shape index (κ2) is 15.4. The molecule has 262 valence electrons. The van der Waals surface area contributed by atoms with E-state index in [0.29, 0.717) is 5.75 Å². The van der Waals surface area contributed by atoms with Gasteiger partial charge >= 0.3 is 0 Å². The lowest BCUT2D eigenvalue weighted by atomic mass is 9.77. The number of nitrogens with zero attached hydrogens (tertiary/aromatic N) is 2. The highest BCUT2D eigenvalue weighted by atomic mass is 16.5. The van der Waals surface area contributed by atoms with Crippen LogP contribution in [-0.2, 0) is 5.60 Å². The van der Waals surface area contributed by atoms with Crippen LogP contribution in [0.15, 0.2) is 218 Å². The molecule has 0 saturated heterocycles. The third kappa shape index (κ3) is 6.63. The Labute approximate surface area is 317 Å². The Morgan fingerprint density at radius 2 is 0.741 bits per heavy atom. The van der Waals surface area contributed by atoms with Crippen molar-refractivity contribution in [3.63, 3.8) is 0 Å². The number of para-hydroxylation sites is 4. The normalized spacial score (nSPS) is 12.0. The molecule has 1 unspecified atom stereocenters. The van der Waals surface area contributed by atoms with E-state index < -0.39 is 5.60 Å². The lowest BCUT2D eigenvalue weighted by molar-refractivity contribution is 0.126. The molecule has 1 N–H and O–H groups in total. The van der Waals surface area contributed by atoms with Crippen molar-refractivity contribution < 1.29 is 9.84 Å². The monoisotopic (exact) mass is 700 g/mol. The molecule has 54 heavy (non-hydrogen) atoms. The summed E-state index contributed by atoms with van der Waals surface area (Å²) in [6.45, 7) is 0. The van der Waals surface area contributed by atoms with Crippen LogP contribution in [0.25, 0.3) is 11.1 Å². The van der Waals surface area contributed by atoms with Crippen LogP contribution < -0.4 is 14.5 Å². The third-order valence-electron chi connectivity index (χ3n) is 9.84. The van der Waals surface area contributed by atoms with Crippen LogP contribution in [-0.4, -0.2) is 12.2 Å². The van der Waals surface area contributed by atoms with Gasteiger partial charge in [-0.2, -0.15) is 0 Å². The molecule has 0 aromatic heterocycles. The van der Waals surface area contributed by atoms with Crippen molar-refractivity contribution in [2.75, 3.05) is 16.9 Å². The number of rotatable bonds is 11. The Morgan fingerprint density at radius 1 is 0.370 bits per heavy atom. The van der Waals surface area contributed by atoms with Crippen LogP contribution >= 0.6 is 0 Å². The van der Waals surface area contributed by atoms with Gasteiger partial charge in [0.05, 0.1) is 7.11 Å². The molecule has 0 spiro atoms. The molecule has 0 aliphatic heterocycles. The predicted octanol–water partition coefficient (Wildman–Crippen LogP) is 12.6. The van der Waals surface area contributed by atoms with Crippen molar-refractivity contribution in [2.24, 2.45) is 0 Å². The molecule has 8 aromatic carbocycles. The van der Waals surface area contributed by atoms with Crippen molar-refractivity contribution in [2.45, 2.75) is 5.60 Å². The van der Waals surface area contributed by atoms with Gasteiger partial charge in [-0.3, -0.25) is 0 Å². The fourth-order valence-corrected chi connectivity index (χ4v) is 7.29. The van der Waals surface area contributed by atoms with Crippen LogP contribution in [0.3, 0.4) is 0 Å². The maximum atomic E-state index is 13.3. The Morgan fingerprint density at radius 3 is 1.22 bits per heavy atom. The van der Waals surface area contributed by atoms with Crippen molar-refractivity contribution in [1.82, 2.24) is 0 Å². The lowest BCUT2D eigenvalue weighted by Crippen LogP contribution is -2.29. The van der Waals surface area contributed by atoms with Gasteiger partial charge in [-0.15, -0.1) is 0 Å². The number of anilines is 6. The summed E-state index contributed by atoms with van der Waals surface area (Å²) in [7, 11) is 1.70. The van der Waals surface area contributed by atoms with E-state index in [-0.39, 0.29) is 0 Å². The molecule has 0 heterocycles. The average Bonchev–Trinajstić information content (AvgIpc) is 3.26. The SMILES string of the molecule is COc1cc(N(c2ccccc2)c2ccccc2)ccc1-c1ccccc1C(O)(c1ccccc1)c1ccc(N(c2ccccc2)c2ccccc2)cc1. The quantitative estimate of drug-likeness (QED) is 0.136. The van der Waals surface area contributed by atoms with Gasteiger partial charge in [0, 0.05) is 51.3 Å². The highest BCUT2D eigenvalue weighted by molar-refractivity contribution is 5.83. The number of hydrogen-bond donors (Lipinski definition) is 1. The Hall–Kier alpha value is -6.88. The van der Waals surface area contributed by atoms with E-state index in [2.05, 4.69) is 94.7 Å². The second-order valence-corrected chi connectivity index (χ2v) is 13.1. The van der Waals surface area contributed by atoms with Crippen molar-refractivity contribution in [3.05, 3.63) is 235 Å². The van der Waals surface area contributed by atoms with E-state index in [1.165, 1.54) is 0 Å². The molecule has 0 radical (unpaired) electrons. The first-order valence-corrected chi connectivity index (χ1v) is 18.1. The molecule has 4 nitrogen and oxygen atoms in total. The summed E-state index contributed by atoms with van der Waals surface area (Å²) in [5.74, 6) is 0.698. The van der Waals surface area contributed by atoms with Gasteiger partial charge in [0.2, 0.25) is 0 Å². The number of benzene rings is 8. The van der Waals surface area contributed by atoms with E-state index >= 15 is 0 Å². The molecule has 8 aromatic rings. The first kappa shape index (κ1) is 34.2. The van der Waals surface area contributed by atoms with Crippen molar-refractivity contribution >= 4 is 34.1 Å². The second-order valence-electron chi connectivity index (χ2n) is 13.1. The van der Waals surface area contributed by atoms with Crippen LogP contribution in [0.2, 0.25) is 0 Å². The Kier molecular flexibility index (Phi) is 9.75. The molecule has 0 fully saturated rings. The topological polar surface area (TPSA) is 35.9 Å². The number of methoxy groups -OCH3 is 1. The average molecular weight is 701 g/mol. The summed E-state index contributed by atoms with van der Waals surface area (Å²) in [4.78, 5) is 4.44. The van der Waals surface area contributed by atoms with E-state index in [1.807, 2.05) is 133 Å². The number of aliphatic hydroxyl groups is 1. The first-order valence-electron chi connectivity index (χ1n) is 18.1. The summed E-state index contributed by atoms with van der Waals surface area (Å²) in [5.41, 5.74) is 8.65. The Bertz CT molecular complexity index is 2340. The number of ether oxygens (including phenoxy) is 1. The van der Waals surface area contributed by atoms with Crippen molar-refractivity contribution in [3.8, 4) is 16.9 Å². The highest BCUT2D eigenvalue weighted by Gasteiger charge is 2.36. The van der Waals surface area contributed by atoms with Gasteiger partial charge in [0.25, 0.3) is 0 Å². The van der Waals surface area contributed by atoms with Crippen molar-refractivity contribution in [1.29, 1.82) is 0 Å². The van der Waals surface area contributed by atoms with Crippen LogP contribution in [0.4, 0.5) is 34.1 Å². The number of hydrogen-bond acceptors (Lipinski definition) is 4. The summed E-state index contributed by atoms with van der Waals surface area (Å²) in [6, 6.07) is 73.8. The van der Waals surface area contributed by atoms with Gasteiger partial charge in [0.1, 0.15) is 11.4 Å². The molecule has 0 saturated carbocycles. The summed E-state index contributed by atoms with van der Waals surface area (Å²) in [6.07, 6.45) is 0. The predicted molar refractivity (Wildman–Crippen MR) is 223 cm³/mol. The highest BCUT2D eigenvalue weighted by Crippen LogP contribution is 2.46. The molecule has 0 aliphatic carbocycles. The van der Waals surface area contributed by atoms with E-state index in [1.54, 1.807) is 7.11 Å². The minimum Gasteiger partial charge on any atom is -0.496 e. The first-order chi connectivity index (χ1) is 26.6. The molecule has 0 amide bonds. The van der Waals surface area contributed by atoms with Gasteiger partial charge in [-0.25, -0.2) is 0 Å². The zero-order valence-electron chi connectivity index (χ0n) is 30.0. The molecule has 0 aliphatic rings. The summed E-state index contributed by atoms with van der Waals surface area (Å²) in [5, 5.41) is 13.3. The minimum atomic E-state index is -1.50. The lowest BCUT2D eigenvalue weighted by Gasteiger charge is -2.33. The molecule has 8 rings (SSSR count). The van der Waals surface area contributed by atoms with E-state index in [0.717, 1.165) is 61.9 Å². The van der Waals surface area contributed by atoms with E-state index in [4.69, 9.17) is 4.74 Å². The maximum absolute atomic E-state index is 13.3. The fraction of sp³-hybridized carbons (Fsp3) is 0.0400.